The van der Waals surface area contributed by atoms with Crippen LogP contribution in [0.5, 0.6) is 0 Å². The van der Waals surface area contributed by atoms with Gasteiger partial charge >= 0.3 is 5.97 Å². The zero-order chi connectivity index (χ0) is 14.8. The molecule has 6 nitrogen and oxygen atoms in total. The number of rotatable bonds is 5. The lowest BCUT2D eigenvalue weighted by Gasteiger charge is -2.33. The number of hydrogen-bond acceptors (Lipinski definition) is 3. The van der Waals surface area contributed by atoms with E-state index in [0.29, 0.717) is 6.54 Å². The van der Waals surface area contributed by atoms with Gasteiger partial charge in [-0.3, -0.25) is 0 Å². The van der Waals surface area contributed by atoms with Gasteiger partial charge in [-0.15, -0.1) is 0 Å². The van der Waals surface area contributed by atoms with Gasteiger partial charge in [-0.05, 0) is 24.3 Å². The Balaban J connectivity index is 2.05. The molecule has 112 valence electrons. The fourth-order valence-electron chi connectivity index (χ4n) is 2.59. The molecular weight excluding hydrogens is 280 g/mol. The molecule has 3 N–H and O–H groups in total. The van der Waals surface area contributed by atoms with Gasteiger partial charge < -0.3 is 10.1 Å². The number of sulfonamides is 1. The monoisotopic (exact) mass is 300 g/mol. The van der Waals surface area contributed by atoms with Crippen molar-refractivity contribution in [3.63, 3.8) is 0 Å². The van der Waals surface area contributed by atoms with Gasteiger partial charge in [0.05, 0.1) is 0 Å². The van der Waals surface area contributed by atoms with Crippen LogP contribution in [-0.2, 0) is 10.0 Å². The van der Waals surface area contributed by atoms with Crippen LogP contribution in [0.4, 0.5) is 0 Å². The fraction of sp³-hybridized carbons (Fsp3) is 0.615. The lowest BCUT2D eigenvalue weighted by Crippen LogP contribution is -2.36. The van der Waals surface area contributed by atoms with Crippen LogP contribution >= 0.6 is 0 Å². The molecule has 0 unspecified atom stereocenters. The molecule has 1 aliphatic carbocycles. The summed E-state index contributed by atoms with van der Waals surface area (Å²) in [6, 6.07) is 1.13. The Hall–Kier alpha value is -1.34. The minimum absolute atomic E-state index is 0.00272. The summed E-state index contributed by atoms with van der Waals surface area (Å²) >= 11 is 0. The highest BCUT2D eigenvalue weighted by atomic mass is 32.2. The molecule has 0 bridgehead atoms. The normalized spacial score (nSPS) is 18.9. The fourth-order valence-corrected chi connectivity index (χ4v) is 3.78. The summed E-state index contributed by atoms with van der Waals surface area (Å²) in [6.07, 6.45) is 6.71. The molecule has 1 fully saturated rings. The van der Waals surface area contributed by atoms with Crippen molar-refractivity contribution >= 4 is 16.0 Å². The van der Waals surface area contributed by atoms with E-state index < -0.39 is 16.0 Å². The molecule has 7 heteroatoms. The molecule has 1 heterocycles. The zero-order valence-electron chi connectivity index (χ0n) is 11.5. The summed E-state index contributed by atoms with van der Waals surface area (Å²) < 4.78 is 26.9. The van der Waals surface area contributed by atoms with Crippen molar-refractivity contribution in [2.45, 2.75) is 43.9 Å². The Morgan fingerprint density at radius 1 is 1.40 bits per heavy atom. The molecule has 0 amide bonds. The maximum Gasteiger partial charge on any atom is 0.352 e. The van der Waals surface area contributed by atoms with Crippen molar-refractivity contribution in [2.24, 2.45) is 5.41 Å². The first-order valence-corrected chi connectivity index (χ1v) is 8.22. The maximum atomic E-state index is 12.1. The Kier molecular flexibility index (Phi) is 4.19. The number of nitrogens with one attached hydrogen (secondary N) is 2. The van der Waals surface area contributed by atoms with Crippen LogP contribution < -0.4 is 4.72 Å². The Morgan fingerprint density at radius 2 is 2.05 bits per heavy atom. The van der Waals surface area contributed by atoms with Crippen LogP contribution in [0.1, 0.15) is 49.5 Å². The molecule has 1 aromatic heterocycles. The average Bonchev–Trinajstić information content (AvgIpc) is 2.88. The summed E-state index contributed by atoms with van der Waals surface area (Å²) in [7, 11) is -3.66. The van der Waals surface area contributed by atoms with E-state index in [9.17, 15) is 13.2 Å². The van der Waals surface area contributed by atoms with Crippen molar-refractivity contribution < 1.29 is 18.3 Å². The minimum atomic E-state index is -3.66. The third-order valence-electron chi connectivity index (χ3n) is 3.95. The quantitative estimate of drug-likeness (QED) is 0.774. The first-order chi connectivity index (χ1) is 9.32. The van der Waals surface area contributed by atoms with E-state index in [1.807, 2.05) is 0 Å². The van der Waals surface area contributed by atoms with Gasteiger partial charge in [-0.25, -0.2) is 17.9 Å². The Labute approximate surface area is 118 Å². The molecule has 0 radical (unpaired) electrons. The second kappa shape index (κ2) is 5.57. The summed E-state index contributed by atoms with van der Waals surface area (Å²) in [6.45, 7) is 2.48. The van der Waals surface area contributed by atoms with Crippen LogP contribution in [-0.4, -0.2) is 31.0 Å². The number of aromatic amines is 1. The van der Waals surface area contributed by atoms with E-state index in [1.54, 1.807) is 0 Å². The van der Waals surface area contributed by atoms with Crippen molar-refractivity contribution in [3.8, 4) is 0 Å². The summed E-state index contributed by atoms with van der Waals surface area (Å²) in [5, 5.41) is 8.79. The first-order valence-electron chi connectivity index (χ1n) is 6.74. The molecular formula is C13H20N2O4S. The van der Waals surface area contributed by atoms with E-state index >= 15 is 0 Å². The topological polar surface area (TPSA) is 99.3 Å². The predicted octanol–water partition coefficient (Wildman–Crippen LogP) is 1.96. The Morgan fingerprint density at radius 3 is 2.60 bits per heavy atom. The van der Waals surface area contributed by atoms with Gasteiger partial charge in [0, 0.05) is 12.7 Å². The zero-order valence-corrected chi connectivity index (χ0v) is 12.3. The van der Waals surface area contributed by atoms with Crippen LogP contribution in [0.15, 0.2) is 17.2 Å². The number of H-pyrrole nitrogens is 1. The molecule has 1 aromatic rings. The molecule has 0 saturated heterocycles. The highest BCUT2D eigenvalue weighted by Crippen LogP contribution is 2.35. The van der Waals surface area contributed by atoms with E-state index in [4.69, 9.17) is 5.11 Å². The number of aromatic nitrogens is 1. The standard InChI is InChI=1S/C13H20N2O4S/c1-13(5-3-2-4-6-13)9-15-20(18,19)10-7-11(12(16)17)14-8-10/h7-8,14-15H,2-6,9H2,1H3,(H,16,17). The van der Waals surface area contributed by atoms with E-state index in [-0.39, 0.29) is 16.0 Å². The van der Waals surface area contributed by atoms with Crippen molar-refractivity contribution in [2.75, 3.05) is 6.54 Å². The van der Waals surface area contributed by atoms with Crippen molar-refractivity contribution in [1.29, 1.82) is 0 Å². The predicted molar refractivity (Wildman–Crippen MR) is 74.1 cm³/mol. The number of carbonyl (C=O) groups is 1. The lowest BCUT2D eigenvalue weighted by atomic mass is 9.76. The molecule has 0 spiro atoms. The largest absolute Gasteiger partial charge is 0.477 e. The van der Waals surface area contributed by atoms with E-state index in [2.05, 4.69) is 16.6 Å². The Bertz CT molecular complexity index is 585. The van der Waals surface area contributed by atoms with Crippen molar-refractivity contribution in [1.82, 2.24) is 9.71 Å². The van der Waals surface area contributed by atoms with Gasteiger partial charge in [-0.1, -0.05) is 26.2 Å². The smallest absolute Gasteiger partial charge is 0.352 e. The highest BCUT2D eigenvalue weighted by Gasteiger charge is 2.29. The number of carboxylic acids is 1. The second-order valence-corrected chi connectivity index (χ2v) is 7.52. The second-order valence-electron chi connectivity index (χ2n) is 5.75. The minimum Gasteiger partial charge on any atom is -0.477 e. The molecule has 0 aromatic carbocycles. The van der Waals surface area contributed by atoms with Gasteiger partial charge in [0.15, 0.2) is 0 Å². The highest BCUT2D eigenvalue weighted by molar-refractivity contribution is 7.89. The summed E-state index contributed by atoms with van der Waals surface area (Å²) in [5.41, 5.74) is -0.133. The molecule has 20 heavy (non-hydrogen) atoms. The number of hydrogen-bond donors (Lipinski definition) is 3. The molecule has 0 aliphatic heterocycles. The molecule has 1 saturated carbocycles. The molecule has 1 aliphatic rings. The lowest BCUT2D eigenvalue weighted by molar-refractivity contribution is 0.0691. The SMILES string of the molecule is CC1(CNS(=O)(=O)c2c[nH]c(C(=O)O)c2)CCCCC1. The van der Waals surface area contributed by atoms with E-state index in [1.165, 1.54) is 12.6 Å². The van der Waals surface area contributed by atoms with Gasteiger partial charge in [0.2, 0.25) is 10.0 Å². The maximum absolute atomic E-state index is 12.1. The third-order valence-corrected chi connectivity index (χ3v) is 5.33. The number of carboxylic acid groups (broad SMARTS) is 1. The first kappa shape index (κ1) is 15.1. The van der Waals surface area contributed by atoms with E-state index in [0.717, 1.165) is 31.7 Å². The summed E-state index contributed by atoms with van der Waals surface area (Å²) in [5.74, 6) is -1.18. The molecule has 0 atom stereocenters. The number of aromatic carboxylic acids is 1. The third kappa shape index (κ3) is 3.40. The van der Waals surface area contributed by atoms with Crippen LogP contribution in [0.25, 0.3) is 0 Å². The molecule has 2 rings (SSSR count). The van der Waals surface area contributed by atoms with Crippen LogP contribution in [0.3, 0.4) is 0 Å². The average molecular weight is 300 g/mol. The van der Waals surface area contributed by atoms with Crippen LogP contribution in [0.2, 0.25) is 0 Å². The van der Waals surface area contributed by atoms with Crippen molar-refractivity contribution in [3.05, 3.63) is 18.0 Å². The summed E-state index contributed by atoms with van der Waals surface area (Å²) in [4.78, 5) is 13.2. The van der Waals surface area contributed by atoms with Gasteiger partial charge in [-0.2, -0.15) is 0 Å². The van der Waals surface area contributed by atoms with Gasteiger partial charge in [0.1, 0.15) is 10.6 Å². The van der Waals surface area contributed by atoms with Gasteiger partial charge in [0.25, 0.3) is 0 Å². The van der Waals surface area contributed by atoms with Crippen LogP contribution in [0, 0.1) is 5.41 Å².